The molecule has 0 aliphatic heterocycles. The summed E-state index contributed by atoms with van der Waals surface area (Å²) in [6, 6.07) is 11.4. The van der Waals surface area contributed by atoms with Gasteiger partial charge in [0, 0.05) is 10.2 Å². The number of amides is 1. The van der Waals surface area contributed by atoms with E-state index >= 15 is 0 Å². The Labute approximate surface area is 141 Å². The summed E-state index contributed by atoms with van der Waals surface area (Å²) in [4.78, 5) is 12.5. The van der Waals surface area contributed by atoms with Gasteiger partial charge in [-0.15, -0.1) is 0 Å². The van der Waals surface area contributed by atoms with E-state index in [0.717, 1.165) is 26.6 Å². The van der Waals surface area contributed by atoms with Crippen LogP contribution < -0.4 is 10.1 Å². The van der Waals surface area contributed by atoms with Crippen molar-refractivity contribution < 1.29 is 9.53 Å². The van der Waals surface area contributed by atoms with Gasteiger partial charge in [-0.25, -0.2) is 0 Å². The van der Waals surface area contributed by atoms with Crippen LogP contribution >= 0.6 is 31.9 Å². The minimum Gasteiger partial charge on any atom is -0.495 e. The number of hydrogen-bond donors (Lipinski definition) is 1. The van der Waals surface area contributed by atoms with E-state index in [9.17, 15) is 4.79 Å². The second kappa shape index (κ2) is 7.09. The van der Waals surface area contributed by atoms with Crippen LogP contribution in [0, 0.1) is 0 Å². The molecular weight excluding hydrogens is 398 g/mol. The molecule has 1 N–H and O–H groups in total. The predicted molar refractivity (Wildman–Crippen MR) is 92.2 cm³/mol. The van der Waals surface area contributed by atoms with Crippen LogP contribution in [-0.2, 0) is 6.42 Å². The molecule has 2 rings (SSSR count). The van der Waals surface area contributed by atoms with Gasteiger partial charge in [-0.2, -0.15) is 0 Å². The molecule has 0 radical (unpaired) electrons. The largest absolute Gasteiger partial charge is 0.495 e. The first kappa shape index (κ1) is 16.0. The molecule has 0 aromatic heterocycles. The van der Waals surface area contributed by atoms with Gasteiger partial charge in [-0.05, 0) is 46.1 Å². The Morgan fingerprint density at radius 2 is 1.95 bits per heavy atom. The number of anilines is 1. The SMILES string of the molecule is CCc1ccccc1NC(=O)c1cc(Br)cc(Br)c1OC. The molecule has 2 aromatic carbocycles. The quantitative estimate of drug-likeness (QED) is 0.764. The molecule has 3 nitrogen and oxygen atoms in total. The van der Waals surface area contributed by atoms with Crippen molar-refractivity contribution in [2.75, 3.05) is 12.4 Å². The van der Waals surface area contributed by atoms with E-state index in [4.69, 9.17) is 4.74 Å². The van der Waals surface area contributed by atoms with Gasteiger partial charge < -0.3 is 10.1 Å². The molecule has 0 heterocycles. The first-order valence-electron chi connectivity index (χ1n) is 6.49. The fourth-order valence-electron chi connectivity index (χ4n) is 2.08. The first-order valence-corrected chi connectivity index (χ1v) is 8.07. The number of ether oxygens (including phenoxy) is 1. The minimum absolute atomic E-state index is 0.199. The molecule has 5 heteroatoms. The lowest BCUT2D eigenvalue weighted by molar-refractivity contribution is 0.102. The van der Waals surface area contributed by atoms with E-state index in [0.29, 0.717) is 11.3 Å². The zero-order valence-corrected chi connectivity index (χ0v) is 14.9. The summed E-state index contributed by atoms with van der Waals surface area (Å²) in [5, 5.41) is 2.95. The molecule has 0 fully saturated rings. The summed E-state index contributed by atoms with van der Waals surface area (Å²) < 4.78 is 6.86. The molecule has 0 aliphatic carbocycles. The van der Waals surface area contributed by atoms with Crippen molar-refractivity contribution >= 4 is 43.5 Å². The third-order valence-corrected chi connectivity index (χ3v) is 4.15. The zero-order valence-electron chi connectivity index (χ0n) is 11.7. The van der Waals surface area contributed by atoms with Crippen molar-refractivity contribution in [2.24, 2.45) is 0 Å². The van der Waals surface area contributed by atoms with Gasteiger partial charge in [-0.1, -0.05) is 41.1 Å². The van der Waals surface area contributed by atoms with Crippen LogP contribution in [-0.4, -0.2) is 13.0 Å². The van der Waals surface area contributed by atoms with Crippen molar-refractivity contribution in [2.45, 2.75) is 13.3 Å². The first-order chi connectivity index (χ1) is 10.1. The maximum atomic E-state index is 12.5. The van der Waals surface area contributed by atoms with Crippen molar-refractivity contribution in [1.82, 2.24) is 0 Å². The highest BCUT2D eigenvalue weighted by atomic mass is 79.9. The lowest BCUT2D eigenvalue weighted by atomic mass is 10.1. The van der Waals surface area contributed by atoms with E-state index < -0.39 is 0 Å². The Morgan fingerprint density at radius 3 is 2.62 bits per heavy atom. The van der Waals surface area contributed by atoms with Gasteiger partial charge in [0.2, 0.25) is 0 Å². The number of nitrogens with one attached hydrogen (secondary N) is 1. The van der Waals surface area contributed by atoms with Crippen molar-refractivity contribution in [3.05, 3.63) is 56.5 Å². The highest BCUT2D eigenvalue weighted by Gasteiger charge is 2.17. The highest BCUT2D eigenvalue weighted by molar-refractivity contribution is 9.11. The number of carbonyl (C=O) groups is 1. The van der Waals surface area contributed by atoms with Crippen LogP contribution in [0.3, 0.4) is 0 Å². The summed E-state index contributed by atoms with van der Waals surface area (Å²) in [5.74, 6) is 0.319. The number of benzene rings is 2. The Hall–Kier alpha value is -1.33. The Morgan fingerprint density at radius 1 is 1.24 bits per heavy atom. The number of para-hydroxylation sites is 1. The van der Waals surface area contributed by atoms with Crippen LogP contribution in [0.25, 0.3) is 0 Å². The molecular formula is C16H15Br2NO2. The van der Waals surface area contributed by atoms with Crippen molar-refractivity contribution in [3.63, 3.8) is 0 Å². The van der Waals surface area contributed by atoms with E-state index in [1.807, 2.05) is 30.3 Å². The van der Waals surface area contributed by atoms with E-state index in [1.54, 1.807) is 13.2 Å². The highest BCUT2D eigenvalue weighted by Crippen LogP contribution is 2.33. The van der Waals surface area contributed by atoms with Gasteiger partial charge in [0.1, 0.15) is 5.75 Å². The zero-order chi connectivity index (χ0) is 15.4. The molecule has 21 heavy (non-hydrogen) atoms. The van der Waals surface area contributed by atoms with E-state index in [2.05, 4.69) is 44.1 Å². The molecule has 1 amide bonds. The van der Waals surface area contributed by atoms with Crippen LogP contribution in [0.15, 0.2) is 45.3 Å². The van der Waals surface area contributed by atoms with Gasteiger partial charge in [-0.3, -0.25) is 4.79 Å². The molecule has 0 saturated heterocycles. The topological polar surface area (TPSA) is 38.3 Å². The van der Waals surface area contributed by atoms with E-state index in [-0.39, 0.29) is 5.91 Å². The second-order valence-corrected chi connectivity index (χ2v) is 6.20. The number of carbonyl (C=O) groups excluding carboxylic acids is 1. The second-order valence-electron chi connectivity index (χ2n) is 4.43. The van der Waals surface area contributed by atoms with Gasteiger partial charge in [0.15, 0.2) is 0 Å². The van der Waals surface area contributed by atoms with Crippen LogP contribution in [0.2, 0.25) is 0 Å². The minimum atomic E-state index is -0.199. The van der Waals surface area contributed by atoms with Crippen LogP contribution in [0.4, 0.5) is 5.69 Å². The van der Waals surface area contributed by atoms with Crippen molar-refractivity contribution in [3.8, 4) is 5.75 Å². The standard InChI is InChI=1S/C16H15Br2NO2/c1-3-10-6-4-5-7-14(10)19-16(20)12-8-11(17)9-13(18)15(12)21-2/h4-9H,3H2,1-2H3,(H,19,20). The monoisotopic (exact) mass is 411 g/mol. The number of rotatable bonds is 4. The predicted octanol–water partition coefficient (Wildman–Crippen LogP) is 5.03. The average molecular weight is 413 g/mol. The Kier molecular flexibility index (Phi) is 5.42. The third-order valence-electron chi connectivity index (χ3n) is 3.10. The maximum absolute atomic E-state index is 12.5. The van der Waals surface area contributed by atoms with Crippen LogP contribution in [0.5, 0.6) is 5.75 Å². The molecule has 2 aromatic rings. The van der Waals surface area contributed by atoms with Gasteiger partial charge >= 0.3 is 0 Å². The normalized spacial score (nSPS) is 10.3. The molecule has 0 aliphatic rings. The molecule has 0 spiro atoms. The Balaban J connectivity index is 2.37. The lowest BCUT2D eigenvalue weighted by Crippen LogP contribution is -2.14. The summed E-state index contributed by atoms with van der Waals surface area (Å²) in [7, 11) is 1.55. The Bertz CT molecular complexity index is 671. The molecule has 0 atom stereocenters. The smallest absolute Gasteiger partial charge is 0.259 e. The number of aryl methyl sites for hydroxylation is 1. The third kappa shape index (κ3) is 3.66. The molecule has 0 bridgehead atoms. The fourth-order valence-corrected chi connectivity index (χ4v) is 3.46. The fraction of sp³-hybridized carbons (Fsp3) is 0.188. The van der Waals surface area contributed by atoms with Gasteiger partial charge in [0.05, 0.1) is 17.1 Å². The summed E-state index contributed by atoms with van der Waals surface area (Å²) in [6.07, 6.45) is 0.857. The summed E-state index contributed by atoms with van der Waals surface area (Å²) in [6.45, 7) is 2.06. The molecule has 110 valence electrons. The number of hydrogen-bond acceptors (Lipinski definition) is 2. The average Bonchev–Trinajstić information content (AvgIpc) is 2.47. The number of halogens is 2. The number of methoxy groups -OCH3 is 1. The molecule has 0 saturated carbocycles. The van der Waals surface area contributed by atoms with Crippen LogP contribution in [0.1, 0.15) is 22.8 Å². The maximum Gasteiger partial charge on any atom is 0.259 e. The lowest BCUT2D eigenvalue weighted by Gasteiger charge is -2.13. The van der Waals surface area contributed by atoms with Crippen molar-refractivity contribution in [1.29, 1.82) is 0 Å². The van der Waals surface area contributed by atoms with Gasteiger partial charge in [0.25, 0.3) is 5.91 Å². The molecule has 0 unspecified atom stereocenters. The van der Waals surface area contributed by atoms with E-state index in [1.165, 1.54) is 0 Å². The summed E-state index contributed by atoms with van der Waals surface area (Å²) >= 11 is 6.80. The summed E-state index contributed by atoms with van der Waals surface area (Å²) in [5.41, 5.74) is 2.40.